The lowest BCUT2D eigenvalue weighted by Crippen LogP contribution is -2.30. The van der Waals surface area contributed by atoms with Crippen molar-refractivity contribution in [2.45, 2.75) is 32.4 Å². The van der Waals surface area contributed by atoms with Crippen molar-refractivity contribution < 1.29 is 0 Å². The summed E-state index contributed by atoms with van der Waals surface area (Å²) in [5.41, 5.74) is 1.75. The van der Waals surface area contributed by atoms with Crippen LogP contribution in [-0.2, 0) is 13.1 Å². The van der Waals surface area contributed by atoms with E-state index in [1.165, 1.54) is 24.8 Å². The largest absolute Gasteiger partial charge is 0.375 e. The SMILES string of the molecule is O=c1c(NCc2ccsc2)c(Br)cnn1CC1CCC1. The van der Waals surface area contributed by atoms with E-state index in [0.29, 0.717) is 18.2 Å². The van der Waals surface area contributed by atoms with Gasteiger partial charge in [-0.15, -0.1) is 0 Å². The van der Waals surface area contributed by atoms with Gasteiger partial charge >= 0.3 is 0 Å². The fraction of sp³-hybridized carbons (Fsp3) is 0.429. The van der Waals surface area contributed by atoms with Gasteiger partial charge in [0.05, 0.1) is 10.7 Å². The summed E-state index contributed by atoms with van der Waals surface area (Å²) in [6.45, 7) is 1.39. The molecule has 20 heavy (non-hydrogen) atoms. The minimum Gasteiger partial charge on any atom is -0.375 e. The van der Waals surface area contributed by atoms with Crippen LogP contribution in [0.4, 0.5) is 5.69 Å². The van der Waals surface area contributed by atoms with Gasteiger partial charge in [-0.2, -0.15) is 16.4 Å². The Bertz CT molecular complexity index is 634. The first-order valence-corrected chi connectivity index (χ1v) is 8.48. The molecule has 2 aromatic rings. The molecule has 0 bridgehead atoms. The predicted octanol–water partition coefficient (Wildman–Crippen LogP) is 3.48. The summed E-state index contributed by atoms with van der Waals surface area (Å²) in [5.74, 6) is 0.617. The normalized spacial score (nSPS) is 15.1. The molecule has 2 heterocycles. The zero-order chi connectivity index (χ0) is 13.9. The Morgan fingerprint density at radius 2 is 2.35 bits per heavy atom. The second-order valence-corrected chi connectivity index (χ2v) is 6.77. The Labute approximate surface area is 130 Å². The standard InChI is InChI=1S/C14H16BrN3OS/c15-12-7-17-18(8-10-2-1-3-10)14(19)13(12)16-6-11-4-5-20-9-11/h4-5,7,9-10,16H,1-3,6,8H2. The van der Waals surface area contributed by atoms with Crippen molar-refractivity contribution in [3.05, 3.63) is 43.4 Å². The summed E-state index contributed by atoms with van der Waals surface area (Å²) >= 11 is 5.06. The number of hydrogen-bond donors (Lipinski definition) is 1. The van der Waals surface area contributed by atoms with Gasteiger partial charge in [0.25, 0.3) is 5.56 Å². The van der Waals surface area contributed by atoms with Crippen molar-refractivity contribution in [2.75, 3.05) is 5.32 Å². The monoisotopic (exact) mass is 353 g/mol. The molecule has 0 atom stereocenters. The summed E-state index contributed by atoms with van der Waals surface area (Å²) in [6, 6.07) is 2.06. The quantitative estimate of drug-likeness (QED) is 0.894. The summed E-state index contributed by atoms with van der Waals surface area (Å²) in [7, 11) is 0. The molecule has 0 aliphatic heterocycles. The molecule has 0 amide bonds. The van der Waals surface area contributed by atoms with Gasteiger partial charge in [0.1, 0.15) is 5.69 Å². The average molecular weight is 354 g/mol. The lowest BCUT2D eigenvalue weighted by atomic mass is 9.85. The molecular formula is C14H16BrN3OS. The lowest BCUT2D eigenvalue weighted by Gasteiger charge is -2.25. The Balaban J connectivity index is 1.77. The summed E-state index contributed by atoms with van der Waals surface area (Å²) in [4.78, 5) is 12.4. The number of hydrogen-bond acceptors (Lipinski definition) is 4. The lowest BCUT2D eigenvalue weighted by molar-refractivity contribution is 0.262. The van der Waals surface area contributed by atoms with Crippen LogP contribution in [0.1, 0.15) is 24.8 Å². The van der Waals surface area contributed by atoms with E-state index in [1.54, 1.807) is 22.2 Å². The Morgan fingerprint density at radius 3 is 3.00 bits per heavy atom. The second-order valence-electron chi connectivity index (χ2n) is 5.14. The van der Waals surface area contributed by atoms with Gasteiger partial charge in [-0.3, -0.25) is 4.79 Å². The molecule has 2 aromatic heterocycles. The number of nitrogens with zero attached hydrogens (tertiary/aromatic N) is 2. The van der Waals surface area contributed by atoms with E-state index in [0.717, 1.165) is 11.0 Å². The fourth-order valence-electron chi connectivity index (χ4n) is 2.26. The van der Waals surface area contributed by atoms with E-state index < -0.39 is 0 Å². The first kappa shape index (κ1) is 13.8. The van der Waals surface area contributed by atoms with Crippen molar-refractivity contribution in [3.8, 4) is 0 Å². The van der Waals surface area contributed by atoms with Crippen molar-refractivity contribution in [2.24, 2.45) is 5.92 Å². The summed E-state index contributed by atoms with van der Waals surface area (Å²) < 4.78 is 2.31. The third-order valence-electron chi connectivity index (χ3n) is 3.70. The van der Waals surface area contributed by atoms with Gasteiger partial charge in [0, 0.05) is 13.1 Å². The average Bonchev–Trinajstić information content (AvgIpc) is 2.89. The molecule has 1 N–H and O–H groups in total. The molecule has 3 rings (SSSR count). The number of anilines is 1. The zero-order valence-electron chi connectivity index (χ0n) is 11.0. The Hall–Kier alpha value is -1.14. The maximum absolute atomic E-state index is 12.4. The van der Waals surface area contributed by atoms with Crippen molar-refractivity contribution >= 4 is 33.0 Å². The Kier molecular flexibility index (Phi) is 4.21. The third-order valence-corrected chi connectivity index (χ3v) is 5.04. The molecule has 6 heteroatoms. The van der Waals surface area contributed by atoms with Crippen LogP contribution in [0.3, 0.4) is 0 Å². The van der Waals surface area contributed by atoms with Gasteiger partial charge < -0.3 is 5.32 Å². The maximum atomic E-state index is 12.4. The van der Waals surface area contributed by atoms with Crippen LogP contribution in [0.25, 0.3) is 0 Å². The van der Waals surface area contributed by atoms with Gasteiger partial charge in [-0.05, 0) is 57.1 Å². The molecule has 1 fully saturated rings. The van der Waals surface area contributed by atoms with Crippen molar-refractivity contribution in [1.29, 1.82) is 0 Å². The van der Waals surface area contributed by atoms with E-state index in [1.807, 2.05) is 5.38 Å². The molecule has 0 unspecified atom stereocenters. The third kappa shape index (κ3) is 2.96. The summed E-state index contributed by atoms with van der Waals surface area (Å²) in [6.07, 6.45) is 5.40. The van der Waals surface area contributed by atoms with Crippen molar-refractivity contribution in [3.63, 3.8) is 0 Å². The van der Waals surface area contributed by atoms with Crippen molar-refractivity contribution in [1.82, 2.24) is 9.78 Å². The number of rotatable bonds is 5. The first-order valence-electron chi connectivity index (χ1n) is 6.74. The molecular weight excluding hydrogens is 338 g/mol. The van der Waals surface area contributed by atoms with E-state index in [2.05, 4.69) is 37.8 Å². The van der Waals surface area contributed by atoms with Gasteiger partial charge in [-0.1, -0.05) is 6.42 Å². The van der Waals surface area contributed by atoms with Crippen LogP contribution in [-0.4, -0.2) is 9.78 Å². The number of halogens is 1. The number of nitrogens with one attached hydrogen (secondary N) is 1. The summed E-state index contributed by atoms with van der Waals surface area (Å²) in [5, 5.41) is 11.6. The smallest absolute Gasteiger partial charge is 0.291 e. The van der Waals surface area contributed by atoms with Gasteiger partial charge in [0.2, 0.25) is 0 Å². The van der Waals surface area contributed by atoms with Crippen LogP contribution in [0, 0.1) is 5.92 Å². The van der Waals surface area contributed by atoms with Gasteiger partial charge in [-0.25, -0.2) is 4.68 Å². The van der Waals surface area contributed by atoms with Crippen LogP contribution in [0.5, 0.6) is 0 Å². The van der Waals surface area contributed by atoms with E-state index in [4.69, 9.17) is 0 Å². The molecule has 0 radical (unpaired) electrons. The van der Waals surface area contributed by atoms with Crippen LogP contribution in [0.15, 0.2) is 32.3 Å². The van der Waals surface area contributed by atoms with Crippen LogP contribution in [0.2, 0.25) is 0 Å². The van der Waals surface area contributed by atoms with Crippen LogP contribution < -0.4 is 10.9 Å². The second kappa shape index (κ2) is 6.10. The predicted molar refractivity (Wildman–Crippen MR) is 85.2 cm³/mol. The molecule has 106 valence electrons. The first-order chi connectivity index (χ1) is 9.74. The molecule has 1 saturated carbocycles. The van der Waals surface area contributed by atoms with Crippen LogP contribution >= 0.6 is 27.3 Å². The molecule has 1 aliphatic rings. The highest BCUT2D eigenvalue weighted by atomic mass is 79.9. The highest BCUT2D eigenvalue weighted by Gasteiger charge is 2.20. The Morgan fingerprint density at radius 1 is 1.50 bits per heavy atom. The molecule has 4 nitrogen and oxygen atoms in total. The molecule has 0 spiro atoms. The van der Waals surface area contributed by atoms with Gasteiger partial charge in [0.15, 0.2) is 0 Å². The number of aromatic nitrogens is 2. The highest BCUT2D eigenvalue weighted by molar-refractivity contribution is 9.10. The molecule has 1 aliphatic carbocycles. The molecule has 0 saturated heterocycles. The fourth-order valence-corrected chi connectivity index (χ4v) is 3.33. The topological polar surface area (TPSA) is 46.9 Å². The van der Waals surface area contributed by atoms with E-state index in [-0.39, 0.29) is 5.56 Å². The zero-order valence-corrected chi connectivity index (χ0v) is 13.4. The van der Waals surface area contributed by atoms with E-state index in [9.17, 15) is 4.79 Å². The highest BCUT2D eigenvalue weighted by Crippen LogP contribution is 2.27. The minimum atomic E-state index is -0.0403. The van der Waals surface area contributed by atoms with E-state index >= 15 is 0 Å². The number of thiophene rings is 1. The molecule has 0 aromatic carbocycles. The maximum Gasteiger partial charge on any atom is 0.291 e. The minimum absolute atomic E-state index is 0.0403.